The molecule has 0 saturated carbocycles. The summed E-state index contributed by atoms with van der Waals surface area (Å²) in [6.07, 6.45) is -0.702. The zero-order valence-corrected chi connectivity index (χ0v) is 14.3. The van der Waals surface area contributed by atoms with E-state index in [1.807, 2.05) is 5.43 Å². The fourth-order valence-corrected chi connectivity index (χ4v) is 1.76. The smallest absolute Gasteiger partial charge is 0.407 e. The highest BCUT2D eigenvalue weighted by Gasteiger charge is 2.18. The van der Waals surface area contributed by atoms with Crippen LogP contribution in [0.15, 0.2) is 18.2 Å². The van der Waals surface area contributed by atoms with Gasteiger partial charge < -0.3 is 14.8 Å². The number of hydrogen-bond acceptors (Lipinski definition) is 5. The molecule has 8 heteroatoms. The molecular weight excluding hydrogens is 317 g/mol. The quantitative estimate of drug-likeness (QED) is 0.415. The second kappa shape index (κ2) is 8.49. The van der Waals surface area contributed by atoms with Crippen molar-refractivity contribution in [1.29, 1.82) is 0 Å². The molecule has 1 rings (SSSR count). The Balaban J connectivity index is 2.51. The maximum Gasteiger partial charge on any atom is 0.407 e. The van der Waals surface area contributed by atoms with E-state index >= 15 is 0 Å². The fourth-order valence-electron chi connectivity index (χ4n) is 1.76. The molecule has 0 bridgehead atoms. The van der Waals surface area contributed by atoms with Crippen molar-refractivity contribution in [2.75, 3.05) is 6.61 Å². The summed E-state index contributed by atoms with van der Waals surface area (Å²) in [4.78, 5) is 22.8. The third kappa shape index (κ3) is 7.28. The van der Waals surface area contributed by atoms with Crippen LogP contribution in [0.4, 0.5) is 9.18 Å². The molecule has 0 aliphatic carbocycles. The summed E-state index contributed by atoms with van der Waals surface area (Å²) in [6, 6.07) is 3.85. The number of hydrogen-bond donors (Lipinski definition) is 3. The molecule has 2 amide bonds. The van der Waals surface area contributed by atoms with Crippen LogP contribution in [0.25, 0.3) is 0 Å². The topological polar surface area (TPSA) is 103 Å². The Morgan fingerprint density at radius 1 is 1.33 bits per heavy atom. The Labute approximate surface area is 140 Å². The van der Waals surface area contributed by atoms with Crippen molar-refractivity contribution >= 4 is 12.0 Å². The van der Waals surface area contributed by atoms with Gasteiger partial charge in [-0.25, -0.2) is 15.0 Å². The molecule has 1 aromatic rings. The van der Waals surface area contributed by atoms with E-state index in [0.29, 0.717) is 5.75 Å². The van der Waals surface area contributed by atoms with E-state index in [1.165, 1.54) is 12.1 Å². The molecular formula is C16H24FN3O4. The average molecular weight is 341 g/mol. The number of benzene rings is 1. The van der Waals surface area contributed by atoms with Crippen molar-refractivity contribution in [3.63, 3.8) is 0 Å². The van der Waals surface area contributed by atoms with Crippen molar-refractivity contribution in [2.24, 2.45) is 5.84 Å². The lowest BCUT2D eigenvalue weighted by Gasteiger charge is -2.22. The molecule has 1 aromatic carbocycles. The Kier molecular flexibility index (Phi) is 6.97. The van der Waals surface area contributed by atoms with E-state index in [9.17, 15) is 14.0 Å². The Morgan fingerprint density at radius 3 is 2.54 bits per heavy atom. The number of hydrazine groups is 1. The van der Waals surface area contributed by atoms with E-state index in [-0.39, 0.29) is 24.6 Å². The lowest BCUT2D eigenvalue weighted by molar-refractivity contribution is -0.120. The SMILES string of the molecule is C[C@@H](COc1ccc(CC(=O)NN)c(F)c1)NC(=O)OC(C)(C)C. The third-order valence-corrected chi connectivity index (χ3v) is 2.80. The lowest BCUT2D eigenvalue weighted by Crippen LogP contribution is -2.40. The summed E-state index contributed by atoms with van der Waals surface area (Å²) in [5.74, 6) is 4.21. The number of alkyl carbamates (subject to hydrolysis) is 1. The first-order valence-electron chi connectivity index (χ1n) is 7.51. The minimum absolute atomic E-state index is 0.140. The number of halogens is 1. The van der Waals surface area contributed by atoms with Gasteiger partial charge in [0.05, 0.1) is 12.5 Å². The minimum Gasteiger partial charge on any atom is -0.491 e. The predicted octanol–water partition coefficient (Wildman–Crippen LogP) is 1.65. The van der Waals surface area contributed by atoms with Crippen molar-refractivity contribution < 1.29 is 23.5 Å². The lowest BCUT2D eigenvalue weighted by atomic mass is 10.1. The van der Waals surface area contributed by atoms with E-state index in [4.69, 9.17) is 15.3 Å². The van der Waals surface area contributed by atoms with Gasteiger partial charge >= 0.3 is 6.09 Å². The van der Waals surface area contributed by atoms with Crippen molar-refractivity contribution in [3.05, 3.63) is 29.6 Å². The summed E-state index contributed by atoms with van der Waals surface area (Å²) in [6.45, 7) is 7.18. The number of nitrogens with one attached hydrogen (secondary N) is 2. The van der Waals surface area contributed by atoms with Gasteiger partial charge in [-0.15, -0.1) is 0 Å². The first-order valence-corrected chi connectivity index (χ1v) is 7.51. The second-order valence-electron chi connectivity index (χ2n) is 6.36. The van der Waals surface area contributed by atoms with Crippen LogP contribution < -0.4 is 21.3 Å². The Morgan fingerprint density at radius 2 is 2.00 bits per heavy atom. The van der Waals surface area contributed by atoms with Gasteiger partial charge in [-0.3, -0.25) is 10.2 Å². The average Bonchev–Trinajstić information content (AvgIpc) is 2.45. The summed E-state index contributed by atoms with van der Waals surface area (Å²) < 4.78 is 24.4. The molecule has 0 saturated heterocycles. The molecule has 0 aliphatic rings. The number of ether oxygens (including phenoxy) is 2. The van der Waals surface area contributed by atoms with Crippen LogP contribution in [-0.2, 0) is 16.0 Å². The van der Waals surface area contributed by atoms with Crippen LogP contribution in [0.3, 0.4) is 0 Å². The molecule has 24 heavy (non-hydrogen) atoms. The monoisotopic (exact) mass is 341 g/mol. The molecule has 0 heterocycles. The highest BCUT2D eigenvalue weighted by atomic mass is 19.1. The van der Waals surface area contributed by atoms with Gasteiger partial charge in [-0.05, 0) is 39.3 Å². The van der Waals surface area contributed by atoms with Crippen molar-refractivity contribution in [3.8, 4) is 5.75 Å². The number of amides is 2. The van der Waals surface area contributed by atoms with Crippen LogP contribution in [0.1, 0.15) is 33.3 Å². The van der Waals surface area contributed by atoms with Gasteiger partial charge in [0.2, 0.25) is 5.91 Å². The molecule has 0 aromatic heterocycles. The highest BCUT2D eigenvalue weighted by molar-refractivity contribution is 5.78. The first kappa shape index (κ1) is 19.7. The number of carbonyl (C=O) groups excluding carboxylic acids is 2. The van der Waals surface area contributed by atoms with Crippen molar-refractivity contribution in [1.82, 2.24) is 10.7 Å². The zero-order chi connectivity index (χ0) is 18.3. The summed E-state index contributed by atoms with van der Waals surface area (Å²) in [7, 11) is 0. The van der Waals surface area contributed by atoms with Crippen LogP contribution in [0, 0.1) is 5.82 Å². The van der Waals surface area contributed by atoms with Gasteiger partial charge in [-0.2, -0.15) is 0 Å². The Bertz CT molecular complexity index is 587. The maximum absolute atomic E-state index is 13.9. The molecule has 7 nitrogen and oxygen atoms in total. The van der Waals surface area contributed by atoms with Gasteiger partial charge in [0.1, 0.15) is 23.8 Å². The summed E-state index contributed by atoms with van der Waals surface area (Å²) in [5.41, 5.74) is 1.57. The van der Waals surface area contributed by atoms with E-state index in [1.54, 1.807) is 33.8 Å². The number of carbonyl (C=O) groups is 2. The van der Waals surface area contributed by atoms with E-state index in [2.05, 4.69) is 5.32 Å². The predicted molar refractivity (Wildman–Crippen MR) is 86.8 cm³/mol. The van der Waals surface area contributed by atoms with Gasteiger partial charge in [0.15, 0.2) is 0 Å². The van der Waals surface area contributed by atoms with E-state index in [0.717, 1.165) is 0 Å². The maximum atomic E-state index is 13.9. The molecule has 0 aliphatic heterocycles. The second-order valence-corrected chi connectivity index (χ2v) is 6.36. The van der Waals surface area contributed by atoms with Crippen LogP contribution in [-0.4, -0.2) is 30.3 Å². The Hall–Kier alpha value is -2.35. The highest BCUT2D eigenvalue weighted by Crippen LogP contribution is 2.17. The summed E-state index contributed by atoms with van der Waals surface area (Å²) in [5, 5.41) is 2.62. The molecule has 134 valence electrons. The minimum atomic E-state index is -0.584. The van der Waals surface area contributed by atoms with Gasteiger partial charge in [-0.1, -0.05) is 6.07 Å². The molecule has 1 atom stereocenters. The van der Waals surface area contributed by atoms with Crippen molar-refractivity contribution in [2.45, 2.75) is 45.8 Å². The molecule has 0 unspecified atom stereocenters. The molecule has 0 radical (unpaired) electrons. The van der Waals surface area contributed by atoms with Crippen LogP contribution in [0.5, 0.6) is 5.75 Å². The van der Waals surface area contributed by atoms with Crippen LogP contribution in [0.2, 0.25) is 0 Å². The number of rotatable bonds is 6. The number of nitrogens with two attached hydrogens (primary N) is 1. The normalized spacial score (nSPS) is 12.2. The molecule has 0 fully saturated rings. The molecule has 0 spiro atoms. The van der Waals surface area contributed by atoms with E-state index < -0.39 is 23.4 Å². The van der Waals surface area contributed by atoms with Gasteiger partial charge in [0.25, 0.3) is 0 Å². The zero-order valence-electron chi connectivity index (χ0n) is 14.3. The fraction of sp³-hybridized carbons (Fsp3) is 0.500. The standard InChI is InChI=1S/C16H24FN3O4/c1-10(19-15(22)24-16(2,3)4)9-23-12-6-5-11(13(17)8-12)7-14(21)20-18/h5-6,8,10H,7,9,18H2,1-4H3,(H,19,22)(H,20,21)/t10-/m0/s1. The molecule has 4 N–H and O–H groups in total. The summed E-state index contributed by atoms with van der Waals surface area (Å²) >= 11 is 0. The van der Waals surface area contributed by atoms with Gasteiger partial charge in [0, 0.05) is 6.07 Å². The van der Waals surface area contributed by atoms with Crippen LogP contribution >= 0.6 is 0 Å². The largest absolute Gasteiger partial charge is 0.491 e. The first-order chi connectivity index (χ1) is 11.1. The third-order valence-electron chi connectivity index (χ3n) is 2.80.